The number of benzene rings is 1. The van der Waals surface area contributed by atoms with E-state index in [1.165, 1.54) is 0 Å². The van der Waals surface area contributed by atoms with Crippen LogP contribution in [0, 0.1) is 0 Å². The molecule has 0 radical (unpaired) electrons. The first kappa shape index (κ1) is 10.7. The van der Waals surface area contributed by atoms with Crippen molar-refractivity contribution in [2.45, 2.75) is 13.0 Å². The van der Waals surface area contributed by atoms with Gasteiger partial charge in [0.1, 0.15) is 16.8 Å². The molecular formula is C11H11Cl2NO. The van der Waals surface area contributed by atoms with E-state index in [2.05, 4.69) is 6.92 Å². The number of para-hydroxylation sites is 2. The van der Waals surface area contributed by atoms with E-state index >= 15 is 0 Å². The van der Waals surface area contributed by atoms with Crippen LogP contribution in [-0.2, 0) is 0 Å². The van der Waals surface area contributed by atoms with E-state index in [-0.39, 0.29) is 10.5 Å². The molecule has 1 aliphatic rings. The Labute approximate surface area is 99.0 Å². The maximum Gasteiger partial charge on any atom is 0.143 e. The molecule has 2 nitrogen and oxygen atoms in total. The van der Waals surface area contributed by atoms with Crippen LogP contribution in [-0.4, -0.2) is 12.6 Å². The molecular weight excluding hydrogens is 233 g/mol. The number of hydrogen-bond donors (Lipinski definition) is 0. The van der Waals surface area contributed by atoms with E-state index in [0.29, 0.717) is 6.61 Å². The molecule has 1 aliphatic heterocycles. The van der Waals surface area contributed by atoms with Gasteiger partial charge in [0.2, 0.25) is 0 Å². The molecule has 1 unspecified atom stereocenters. The van der Waals surface area contributed by atoms with E-state index in [4.69, 9.17) is 27.9 Å². The first-order valence-corrected chi connectivity index (χ1v) is 5.47. The minimum absolute atomic E-state index is 0.229. The smallest absolute Gasteiger partial charge is 0.143 e. The molecule has 0 amide bonds. The SMILES string of the molecule is CC1COc2ccccc2N1C=C(Cl)Cl. The van der Waals surface area contributed by atoms with Crippen molar-refractivity contribution >= 4 is 28.9 Å². The Morgan fingerprint density at radius 2 is 2.20 bits per heavy atom. The lowest BCUT2D eigenvalue weighted by atomic mass is 10.2. The van der Waals surface area contributed by atoms with Gasteiger partial charge in [0.15, 0.2) is 0 Å². The van der Waals surface area contributed by atoms with Crippen LogP contribution in [0.4, 0.5) is 5.69 Å². The first-order valence-electron chi connectivity index (χ1n) is 4.71. The molecule has 0 fully saturated rings. The van der Waals surface area contributed by atoms with E-state index < -0.39 is 0 Å². The molecule has 15 heavy (non-hydrogen) atoms. The molecule has 1 atom stereocenters. The number of ether oxygens (including phenoxy) is 1. The summed E-state index contributed by atoms with van der Waals surface area (Å²) < 4.78 is 5.84. The van der Waals surface area contributed by atoms with Gasteiger partial charge in [-0.15, -0.1) is 0 Å². The fourth-order valence-electron chi connectivity index (χ4n) is 1.62. The summed E-state index contributed by atoms with van der Waals surface area (Å²) in [5.74, 6) is 0.862. The number of fused-ring (bicyclic) bond motifs is 1. The maximum atomic E-state index is 5.69. The summed E-state index contributed by atoms with van der Waals surface area (Å²) in [6.07, 6.45) is 1.72. The van der Waals surface area contributed by atoms with Crippen LogP contribution in [0.25, 0.3) is 0 Å². The Morgan fingerprint density at radius 3 is 2.93 bits per heavy atom. The third-order valence-electron chi connectivity index (χ3n) is 2.34. The van der Waals surface area contributed by atoms with Crippen molar-refractivity contribution in [1.82, 2.24) is 0 Å². The van der Waals surface area contributed by atoms with Gasteiger partial charge in [-0.05, 0) is 19.1 Å². The van der Waals surface area contributed by atoms with Crippen LogP contribution in [0.3, 0.4) is 0 Å². The highest BCUT2D eigenvalue weighted by atomic mass is 35.5. The summed E-state index contributed by atoms with van der Waals surface area (Å²) in [7, 11) is 0. The number of anilines is 1. The molecule has 0 bridgehead atoms. The molecule has 1 aromatic rings. The maximum absolute atomic E-state index is 5.69. The summed E-state index contributed by atoms with van der Waals surface area (Å²) >= 11 is 11.4. The van der Waals surface area contributed by atoms with Gasteiger partial charge >= 0.3 is 0 Å². The second kappa shape index (κ2) is 4.33. The standard InChI is InChI=1S/C11H11Cl2NO/c1-8-7-15-10-5-3-2-4-9(10)14(8)6-11(12)13/h2-6,8H,7H2,1H3. The van der Waals surface area contributed by atoms with Crippen molar-refractivity contribution in [3.05, 3.63) is 35.0 Å². The third-order valence-corrected chi connectivity index (χ3v) is 2.53. The summed E-state index contributed by atoms with van der Waals surface area (Å²) in [4.78, 5) is 2.02. The Hall–Kier alpha value is -0.860. The highest BCUT2D eigenvalue weighted by Gasteiger charge is 2.22. The monoisotopic (exact) mass is 243 g/mol. The van der Waals surface area contributed by atoms with Gasteiger partial charge in [-0.25, -0.2) is 0 Å². The Morgan fingerprint density at radius 1 is 1.47 bits per heavy atom. The fourth-order valence-corrected chi connectivity index (χ4v) is 1.83. The molecule has 0 N–H and O–H groups in total. The van der Waals surface area contributed by atoms with Crippen LogP contribution in [0.2, 0.25) is 0 Å². The quantitative estimate of drug-likeness (QED) is 0.749. The lowest BCUT2D eigenvalue weighted by Gasteiger charge is -2.34. The van der Waals surface area contributed by atoms with Crippen molar-refractivity contribution in [3.63, 3.8) is 0 Å². The number of nitrogens with zero attached hydrogens (tertiary/aromatic N) is 1. The second-order valence-corrected chi connectivity index (χ2v) is 4.46. The normalized spacial score (nSPS) is 19.1. The predicted molar refractivity (Wildman–Crippen MR) is 63.7 cm³/mol. The van der Waals surface area contributed by atoms with E-state index in [1.54, 1.807) is 6.20 Å². The van der Waals surface area contributed by atoms with Gasteiger partial charge in [0.25, 0.3) is 0 Å². The van der Waals surface area contributed by atoms with Crippen molar-refractivity contribution in [2.24, 2.45) is 0 Å². The topological polar surface area (TPSA) is 12.5 Å². The summed E-state index contributed by atoms with van der Waals surface area (Å²) in [6, 6.07) is 8.05. The van der Waals surface area contributed by atoms with Gasteiger partial charge < -0.3 is 9.64 Å². The van der Waals surface area contributed by atoms with Crippen LogP contribution >= 0.6 is 23.2 Å². The summed E-state index contributed by atoms with van der Waals surface area (Å²) in [5.41, 5.74) is 0.995. The second-order valence-electron chi connectivity index (χ2n) is 3.45. The average Bonchev–Trinajstić information content (AvgIpc) is 2.22. The highest BCUT2D eigenvalue weighted by Crippen LogP contribution is 2.34. The molecule has 0 spiro atoms. The number of halogens is 2. The zero-order valence-corrected chi connectivity index (χ0v) is 9.79. The predicted octanol–water partition coefficient (Wildman–Crippen LogP) is 3.55. The van der Waals surface area contributed by atoms with Gasteiger partial charge in [-0.2, -0.15) is 0 Å². The molecule has 80 valence electrons. The van der Waals surface area contributed by atoms with Gasteiger partial charge in [-0.3, -0.25) is 0 Å². The molecule has 1 aromatic carbocycles. The van der Waals surface area contributed by atoms with Gasteiger partial charge in [0.05, 0.1) is 11.7 Å². The largest absolute Gasteiger partial charge is 0.489 e. The van der Waals surface area contributed by atoms with Crippen LogP contribution in [0.1, 0.15) is 6.92 Å². The van der Waals surface area contributed by atoms with Crippen molar-refractivity contribution in [1.29, 1.82) is 0 Å². The summed E-state index contributed by atoms with van der Waals surface area (Å²) in [5, 5.41) is 0. The van der Waals surface area contributed by atoms with Gasteiger partial charge in [-0.1, -0.05) is 35.3 Å². The van der Waals surface area contributed by atoms with Gasteiger partial charge in [0, 0.05) is 6.20 Å². The van der Waals surface area contributed by atoms with Crippen LogP contribution in [0.5, 0.6) is 5.75 Å². The zero-order chi connectivity index (χ0) is 10.8. The van der Waals surface area contributed by atoms with E-state index in [1.807, 2.05) is 29.2 Å². The number of hydrogen-bond acceptors (Lipinski definition) is 2. The Balaban J connectivity index is 2.41. The fraction of sp³-hybridized carbons (Fsp3) is 0.273. The van der Waals surface area contributed by atoms with E-state index in [0.717, 1.165) is 11.4 Å². The average molecular weight is 244 g/mol. The molecule has 1 heterocycles. The molecule has 4 heteroatoms. The molecule has 0 aromatic heterocycles. The lowest BCUT2D eigenvalue weighted by Crippen LogP contribution is -2.37. The third kappa shape index (κ3) is 2.21. The minimum Gasteiger partial charge on any atom is -0.489 e. The zero-order valence-electron chi connectivity index (χ0n) is 8.28. The Kier molecular flexibility index (Phi) is 3.08. The first-order chi connectivity index (χ1) is 7.18. The lowest BCUT2D eigenvalue weighted by molar-refractivity contribution is 0.278. The van der Waals surface area contributed by atoms with Crippen LogP contribution < -0.4 is 9.64 Å². The van der Waals surface area contributed by atoms with Crippen LogP contribution in [0.15, 0.2) is 35.0 Å². The number of rotatable bonds is 1. The van der Waals surface area contributed by atoms with E-state index in [9.17, 15) is 0 Å². The molecule has 0 saturated heterocycles. The Bertz CT molecular complexity index is 388. The van der Waals surface area contributed by atoms with Crippen molar-refractivity contribution in [3.8, 4) is 5.75 Å². The highest BCUT2D eigenvalue weighted by molar-refractivity contribution is 6.55. The van der Waals surface area contributed by atoms with Crippen molar-refractivity contribution < 1.29 is 4.74 Å². The molecule has 0 saturated carbocycles. The van der Waals surface area contributed by atoms with Crippen molar-refractivity contribution in [2.75, 3.05) is 11.5 Å². The molecule has 0 aliphatic carbocycles. The minimum atomic E-state index is 0.229. The molecule has 2 rings (SSSR count). The summed E-state index contributed by atoms with van der Waals surface area (Å²) in [6.45, 7) is 2.69.